The maximum Gasteiger partial charge on any atom is 0.146 e. The summed E-state index contributed by atoms with van der Waals surface area (Å²) in [5, 5.41) is 9.24. The predicted octanol–water partition coefficient (Wildman–Crippen LogP) is 26.9. The maximum absolute atomic E-state index is 5.08. The van der Waals surface area contributed by atoms with Crippen LogP contribution in [-0.4, -0.2) is 77.4 Å². The van der Waals surface area contributed by atoms with Gasteiger partial charge in [-0.3, -0.25) is 57.5 Å². The average Bonchev–Trinajstić information content (AvgIpc) is 1.55. The highest BCUT2D eigenvalue weighted by molar-refractivity contribution is 6.19. The molecule has 0 unspecified atom stereocenters. The molecule has 16 heteroatoms. The Labute approximate surface area is 796 Å². The van der Waals surface area contributed by atoms with E-state index < -0.39 is 0 Å². The molecule has 0 saturated heterocycles. The monoisotopic (exact) mass is 1780 g/mol. The fourth-order valence-corrected chi connectivity index (χ4v) is 25.7. The molecule has 0 saturated carbocycles. The van der Waals surface area contributed by atoms with Crippen molar-refractivity contribution in [2.75, 3.05) is 0 Å². The van der Waals surface area contributed by atoms with Crippen molar-refractivity contribution in [2.24, 2.45) is 0 Å². The molecule has 140 heavy (non-hydrogen) atoms. The fraction of sp³-hybridized carbons (Fsp3) is 0.0645. The van der Waals surface area contributed by atoms with E-state index in [9.17, 15) is 0 Å². The molecule has 16 aromatic heterocycles. The smallest absolute Gasteiger partial charge is 0.146 e. The summed E-state index contributed by atoms with van der Waals surface area (Å²) in [7, 11) is 0. The third-order valence-corrected chi connectivity index (χ3v) is 31.8. The molecular weight excluding hydrogens is 1710 g/mol. The van der Waals surface area contributed by atoms with Gasteiger partial charge in [0.15, 0.2) is 0 Å². The topological polar surface area (TPSA) is 172 Å². The lowest BCUT2D eigenvalue weighted by Crippen LogP contribution is -1.95. The Kier molecular flexibility index (Phi) is 14.9. The van der Waals surface area contributed by atoms with E-state index in [4.69, 9.17) is 39.9 Å². The number of rotatable bonds is 0. The first-order chi connectivity index (χ1) is 69.4. The molecular formula is C124H72N16. The summed E-state index contributed by atoms with van der Waals surface area (Å²) in [6, 6.07) is 97.7. The molecule has 0 bridgehead atoms. The van der Waals surface area contributed by atoms with Gasteiger partial charge >= 0.3 is 0 Å². The van der Waals surface area contributed by atoms with Crippen LogP contribution in [-0.2, 0) is 51.4 Å². The summed E-state index contributed by atoms with van der Waals surface area (Å²) in [6.07, 6.45) is 30.3. The summed E-state index contributed by atoms with van der Waals surface area (Å²) < 4.78 is 8.87. The quantitative estimate of drug-likeness (QED) is 0.132. The summed E-state index contributed by atoms with van der Waals surface area (Å²) in [4.78, 5) is 57.1. The first kappa shape index (κ1) is 75.1. The Balaban J connectivity index is 0.0000000829. The van der Waals surface area contributed by atoms with Crippen molar-refractivity contribution in [3.8, 4) is 89.0 Å². The Morgan fingerprint density at radius 2 is 0.450 bits per heavy atom. The molecule has 16 nitrogen and oxygen atoms in total. The molecule has 0 aliphatic heterocycles. The van der Waals surface area contributed by atoms with E-state index in [0.717, 1.165) is 184 Å². The maximum atomic E-state index is 5.08. The zero-order valence-corrected chi connectivity index (χ0v) is 75.1. The minimum absolute atomic E-state index is 0.952. The van der Waals surface area contributed by atoms with Gasteiger partial charge < -0.3 is 0 Å². The third kappa shape index (κ3) is 10.4. The van der Waals surface area contributed by atoms with Gasteiger partial charge in [0.2, 0.25) is 0 Å². The summed E-state index contributed by atoms with van der Waals surface area (Å²) in [6.45, 7) is 0. The van der Waals surface area contributed by atoms with Crippen LogP contribution in [0.4, 0.5) is 0 Å². The van der Waals surface area contributed by atoms with E-state index in [0.29, 0.717) is 0 Å². The third-order valence-electron chi connectivity index (χ3n) is 31.8. The first-order valence-corrected chi connectivity index (χ1v) is 48.1. The zero-order chi connectivity index (χ0) is 90.7. The number of hydrogen-bond acceptors (Lipinski definition) is 12. The minimum atomic E-state index is 0.952. The second-order valence-electron chi connectivity index (χ2n) is 38.9. The van der Waals surface area contributed by atoms with Crippen molar-refractivity contribution in [3.05, 3.63) is 430 Å². The molecule has 0 atom stereocenters. The lowest BCUT2D eigenvalue weighted by molar-refractivity contribution is 1.16. The number of benzene rings is 12. The average molecular weight is 1790 g/mol. The van der Waals surface area contributed by atoms with Crippen molar-refractivity contribution in [2.45, 2.75) is 51.4 Å². The first-order valence-electron chi connectivity index (χ1n) is 48.1. The van der Waals surface area contributed by atoms with Gasteiger partial charge in [0, 0.05) is 92.7 Å². The summed E-state index contributed by atoms with van der Waals surface area (Å²) in [5.74, 6) is 0. The molecule has 0 radical (unpaired) electrons. The van der Waals surface area contributed by atoms with Crippen LogP contribution in [0.3, 0.4) is 0 Å². The molecule has 36 rings (SSSR count). The van der Waals surface area contributed by atoms with Crippen LogP contribution in [0.25, 0.3) is 243 Å². The second-order valence-corrected chi connectivity index (χ2v) is 38.9. The molecule has 28 aromatic rings. The van der Waals surface area contributed by atoms with Crippen LogP contribution < -0.4 is 0 Å². The predicted molar refractivity (Wildman–Crippen MR) is 559 cm³/mol. The van der Waals surface area contributed by atoms with E-state index in [1.165, 1.54) is 200 Å². The summed E-state index contributed by atoms with van der Waals surface area (Å²) in [5.41, 5.74) is 64.8. The number of imidazole rings is 4. The van der Waals surface area contributed by atoms with E-state index in [2.05, 4.69) is 256 Å². The van der Waals surface area contributed by atoms with Crippen molar-refractivity contribution < 1.29 is 0 Å². The van der Waals surface area contributed by atoms with Crippen molar-refractivity contribution in [1.29, 1.82) is 0 Å². The van der Waals surface area contributed by atoms with Gasteiger partial charge in [0.05, 0.1) is 113 Å². The van der Waals surface area contributed by atoms with E-state index in [1.54, 1.807) is 0 Å². The van der Waals surface area contributed by atoms with Crippen LogP contribution in [0.2, 0.25) is 0 Å². The second kappa shape index (κ2) is 27.7. The molecule has 16 heterocycles. The van der Waals surface area contributed by atoms with Gasteiger partial charge in [-0.25, -0.2) is 19.9 Å². The largest absolute Gasteiger partial charge is 0.289 e. The molecule has 0 spiro atoms. The fourth-order valence-electron chi connectivity index (χ4n) is 25.7. The lowest BCUT2D eigenvalue weighted by atomic mass is 9.94. The Hall–Kier alpha value is -18.3. The highest BCUT2D eigenvalue weighted by atomic mass is 15.1. The number of nitrogens with zero attached hydrogens (tertiary/aromatic N) is 16. The zero-order valence-electron chi connectivity index (χ0n) is 75.1. The van der Waals surface area contributed by atoms with Crippen LogP contribution in [0.5, 0.6) is 0 Å². The number of pyridine rings is 12. The Morgan fingerprint density at radius 1 is 0.171 bits per heavy atom. The number of fused-ring (bicyclic) bond motifs is 58. The molecule has 648 valence electrons. The van der Waals surface area contributed by atoms with E-state index >= 15 is 0 Å². The Morgan fingerprint density at radius 3 is 0.871 bits per heavy atom. The van der Waals surface area contributed by atoms with Crippen molar-refractivity contribution >= 4 is 154 Å². The van der Waals surface area contributed by atoms with Crippen molar-refractivity contribution in [3.63, 3.8) is 0 Å². The van der Waals surface area contributed by atoms with Crippen LogP contribution in [0.15, 0.2) is 341 Å². The molecule has 8 aliphatic carbocycles. The van der Waals surface area contributed by atoms with E-state index in [1.807, 2.05) is 123 Å². The van der Waals surface area contributed by atoms with Crippen molar-refractivity contribution in [1.82, 2.24) is 77.4 Å². The van der Waals surface area contributed by atoms with Gasteiger partial charge in [0.25, 0.3) is 0 Å². The molecule has 0 amide bonds. The molecule has 0 N–H and O–H groups in total. The van der Waals surface area contributed by atoms with Gasteiger partial charge in [-0.05, 0) is 369 Å². The molecule has 0 fully saturated rings. The van der Waals surface area contributed by atoms with Gasteiger partial charge in [-0.1, -0.05) is 127 Å². The lowest BCUT2D eigenvalue weighted by Gasteiger charge is -2.12. The van der Waals surface area contributed by atoms with Gasteiger partial charge in [0.1, 0.15) is 22.6 Å². The summed E-state index contributed by atoms with van der Waals surface area (Å²) >= 11 is 0. The van der Waals surface area contributed by atoms with Crippen LogP contribution >= 0.6 is 0 Å². The van der Waals surface area contributed by atoms with Crippen LogP contribution in [0.1, 0.15) is 89.0 Å². The highest BCUT2D eigenvalue weighted by Gasteiger charge is 2.36. The normalized spacial score (nSPS) is 13.5. The number of hydrogen-bond donors (Lipinski definition) is 0. The highest BCUT2D eigenvalue weighted by Crippen LogP contribution is 2.55. The van der Waals surface area contributed by atoms with Gasteiger partial charge in [-0.15, -0.1) is 0 Å². The SMILES string of the molecule is c1ccc2c(c1)Cc1c-2ccc2c1-c1cc3c(cc1C2)c1ncccc1n1c2cnccc2nc31.c1ccc2c(c1)Cc1c-2ccc2c1Cc1cc3c(cc1-2)c1nc2ccncc2n1c1cccnc31.c1ccc2c(c1)Cc1cc3c(cc1-2)-c1cc2c(cc1C3)c1ncccc1n1c3cnccc3nc21.c1ccc2c(c1)Cc1cc3c(cc1-2)Cc1cc2c(cc1-3)c1nc3ccncc3n1c1cccnc21. The van der Waals surface area contributed by atoms with Gasteiger partial charge in [-0.2, -0.15) is 0 Å². The molecule has 8 aliphatic rings. The minimum Gasteiger partial charge on any atom is -0.289 e. The standard InChI is InChI=1S/4C31H18N4/c1-2-5-20-17(4-1)13-23-21(20)8-7-18-12-19-14-24-25(15-22(19)29(18)23)31-34-26-9-11-32-16-28(26)35(31)27-6-3-10-33-30(24)27;1-2-5-19-17(4-1)12-23-20(19)7-8-21-22-15-26-25(14-18(22)13-24(21)23)30-28(6-3-10-33-30)35-29-16-32-11-9-27(29)34-31(26)35;1-2-5-21-17(4-1)10-18-13-23-19(12-22(18)21)11-20-14-25-26(15-24(20)23)31-34-27-7-9-32-16-29(27)35(31)28-6-3-8-33-30(25)28;1-2-5-21-17(4-1)10-18-11-19-12-20-13-25-26(15-24(20)23(19)14-22(18)21)31-34-27-7-9-32-16-29(27)35(31)28-6-3-8-33-30(25)28/h2*1-11,14-16H,12-13H2;1-9,12-16H,10-11H2;1-9,11,13-16H,10,12H2. The van der Waals surface area contributed by atoms with E-state index in [-0.39, 0.29) is 0 Å². The Bertz CT molecular complexity index is 10600. The van der Waals surface area contributed by atoms with Crippen LogP contribution in [0, 0.1) is 0 Å². The number of aromatic nitrogens is 16. The molecule has 12 aromatic carbocycles.